The predicted octanol–water partition coefficient (Wildman–Crippen LogP) is -0.0736. The van der Waals surface area contributed by atoms with Crippen LogP contribution in [0.5, 0.6) is 0 Å². The maximum absolute atomic E-state index is 8.36. The van der Waals surface area contributed by atoms with Crippen LogP contribution in [0.3, 0.4) is 0 Å². The van der Waals surface area contributed by atoms with E-state index in [4.69, 9.17) is 9.90 Å². The SMILES string of the molecule is O=CO.S.S. The Kier molecular flexibility index (Phi) is 117. The van der Waals surface area contributed by atoms with Crippen molar-refractivity contribution in [3.05, 3.63) is 0 Å². The summed E-state index contributed by atoms with van der Waals surface area (Å²) in [5.41, 5.74) is 0. The highest BCUT2D eigenvalue weighted by Crippen LogP contribution is 0.966. The molecule has 2 nitrogen and oxygen atoms in total. The normalized spacial score (nSPS) is 2.40. The van der Waals surface area contributed by atoms with Gasteiger partial charge in [0, 0.05) is 0 Å². The number of hydrogen-bond acceptors (Lipinski definition) is 1. The standard InChI is InChI=1S/CH2O2.2H2S/c2-1-3;;/h1H,(H,2,3);2*1H2. The molecule has 0 bridgehead atoms. The summed E-state index contributed by atoms with van der Waals surface area (Å²) in [6.45, 7) is -0.250. The number of carboxylic acid groups (broad SMARTS) is 1. The summed E-state index contributed by atoms with van der Waals surface area (Å²) in [5.74, 6) is 0. The van der Waals surface area contributed by atoms with Crippen molar-refractivity contribution in [2.24, 2.45) is 0 Å². The molecule has 0 atom stereocenters. The molecule has 0 aliphatic carbocycles. The third-order valence-corrected chi connectivity index (χ3v) is 0. The van der Waals surface area contributed by atoms with Gasteiger partial charge in [-0.3, -0.25) is 4.79 Å². The zero-order valence-electron chi connectivity index (χ0n) is 2.43. The van der Waals surface area contributed by atoms with Crippen LogP contribution in [0.2, 0.25) is 0 Å². The van der Waals surface area contributed by atoms with Gasteiger partial charge in [-0.25, -0.2) is 0 Å². The smallest absolute Gasteiger partial charge is 0.290 e. The molecule has 0 unspecified atom stereocenters. The maximum atomic E-state index is 8.36. The molecule has 0 spiro atoms. The Hall–Kier alpha value is 0.170. The fourth-order valence-electron chi connectivity index (χ4n) is 0. The molecule has 0 aromatic heterocycles. The van der Waals surface area contributed by atoms with Crippen LogP contribution in [0.15, 0.2) is 0 Å². The highest BCUT2D eigenvalue weighted by atomic mass is 32.1. The topological polar surface area (TPSA) is 37.3 Å². The van der Waals surface area contributed by atoms with Crippen LogP contribution in [-0.2, 0) is 4.79 Å². The van der Waals surface area contributed by atoms with Gasteiger partial charge in [0.2, 0.25) is 0 Å². The molecule has 0 fully saturated rings. The van der Waals surface area contributed by atoms with E-state index in [9.17, 15) is 0 Å². The molecule has 0 heterocycles. The van der Waals surface area contributed by atoms with Crippen LogP contribution in [0.4, 0.5) is 0 Å². The monoisotopic (exact) mass is 114 g/mol. The molecule has 0 aromatic carbocycles. The van der Waals surface area contributed by atoms with E-state index in [0.29, 0.717) is 0 Å². The quantitative estimate of drug-likeness (QED) is 0.447. The fourth-order valence-corrected chi connectivity index (χ4v) is 0. The lowest BCUT2D eigenvalue weighted by Gasteiger charge is -1.34. The minimum Gasteiger partial charge on any atom is -0.483 e. The molecular formula is CH6O2S2. The Balaban J connectivity index is -0.0000000200. The number of carbonyl (C=O) groups is 1. The Bertz CT molecular complexity index is 15.1. The summed E-state index contributed by atoms with van der Waals surface area (Å²) in [6, 6.07) is 0. The Morgan fingerprint density at radius 1 is 1.40 bits per heavy atom. The van der Waals surface area contributed by atoms with Crippen LogP contribution in [0.25, 0.3) is 0 Å². The second-order valence-electron chi connectivity index (χ2n) is 0.105. The summed E-state index contributed by atoms with van der Waals surface area (Å²) >= 11 is 0. The van der Waals surface area contributed by atoms with Gasteiger partial charge in [0.15, 0.2) is 0 Å². The van der Waals surface area contributed by atoms with Gasteiger partial charge in [-0.05, 0) is 0 Å². The number of rotatable bonds is 0. The first kappa shape index (κ1) is 19.1. The summed E-state index contributed by atoms with van der Waals surface area (Å²) in [6.07, 6.45) is 0. The van der Waals surface area contributed by atoms with Crippen molar-refractivity contribution < 1.29 is 9.90 Å². The molecule has 1 N–H and O–H groups in total. The zero-order valence-corrected chi connectivity index (χ0v) is 4.43. The largest absolute Gasteiger partial charge is 0.483 e. The molecule has 0 aliphatic rings. The summed E-state index contributed by atoms with van der Waals surface area (Å²) in [4.78, 5) is 8.36. The van der Waals surface area contributed by atoms with E-state index in [0.717, 1.165) is 0 Å². The summed E-state index contributed by atoms with van der Waals surface area (Å²) in [7, 11) is 0. The van der Waals surface area contributed by atoms with E-state index in [2.05, 4.69) is 0 Å². The third-order valence-electron chi connectivity index (χ3n) is 0. The summed E-state index contributed by atoms with van der Waals surface area (Å²) < 4.78 is 0. The Morgan fingerprint density at radius 3 is 1.40 bits per heavy atom. The lowest BCUT2D eigenvalue weighted by molar-refractivity contribution is -0.122. The molecule has 0 aromatic rings. The second-order valence-corrected chi connectivity index (χ2v) is 0.105. The minimum absolute atomic E-state index is 0. The Labute approximate surface area is 44.1 Å². The molecule has 0 aliphatic heterocycles. The van der Waals surface area contributed by atoms with Gasteiger partial charge >= 0.3 is 0 Å². The molecule has 0 saturated carbocycles. The fraction of sp³-hybridized carbons (Fsp3) is 0. The molecule has 0 saturated heterocycles. The number of hydrogen-bond donors (Lipinski definition) is 1. The molecule has 0 amide bonds. The first-order valence-corrected chi connectivity index (χ1v) is 0.494. The van der Waals surface area contributed by atoms with Gasteiger partial charge in [-0.2, -0.15) is 27.0 Å². The van der Waals surface area contributed by atoms with Gasteiger partial charge in [0.05, 0.1) is 0 Å². The van der Waals surface area contributed by atoms with Crippen molar-refractivity contribution in [2.75, 3.05) is 0 Å². The van der Waals surface area contributed by atoms with Crippen molar-refractivity contribution in [1.29, 1.82) is 0 Å². The van der Waals surface area contributed by atoms with E-state index in [1.807, 2.05) is 0 Å². The molecular weight excluding hydrogens is 108 g/mol. The lowest BCUT2D eigenvalue weighted by atomic mass is 11.7. The van der Waals surface area contributed by atoms with Crippen LogP contribution < -0.4 is 0 Å². The highest BCUT2D eigenvalue weighted by Gasteiger charge is 1.22. The van der Waals surface area contributed by atoms with Crippen molar-refractivity contribution >= 4 is 33.5 Å². The van der Waals surface area contributed by atoms with Crippen molar-refractivity contribution in [2.45, 2.75) is 0 Å². The first-order chi connectivity index (χ1) is 1.41. The zero-order chi connectivity index (χ0) is 2.71. The highest BCUT2D eigenvalue weighted by molar-refractivity contribution is 7.59. The van der Waals surface area contributed by atoms with Gasteiger partial charge < -0.3 is 5.11 Å². The maximum Gasteiger partial charge on any atom is 0.290 e. The Morgan fingerprint density at radius 2 is 1.40 bits per heavy atom. The van der Waals surface area contributed by atoms with E-state index in [1.54, 1.807) is 0 Å². The minimum atomic E-state index is -0.250. The van der Waals surface area contributed by atoms with Crippen LogP contribution >= 0.6 is 27.0 Å². The lowest BCUT2D eigenvalue weighted by Crippen LogP contribution is -1.49. The molecule has 0 rings (SSSR count). The molecule has 0 radical (unpaired) electrons. The average molecular weight is 114 g/mol. The van der Waals surface area contributed by atoms with Gasteiger partial charge in [0.25, 0.3) is 6.47 Å². The molecule has 34 valence electrons. The average Bonchev–Trinajstić information content (AvgIpc) is 0.918. The first-order valence-electron chi connectivity index (χ1n) is 0.494. The third kappa shape index (κ3) is 679. The van der Waals surface area contributed by atoms with Crippen LogP contribution in [0, 0.1) is 0 Å². The van der Waals surface area contributed by atoms with E-state index < -0.39 is 0 Å². The van der Waals surface area contributed by atoms with Crippen molar-refractivity contribution in [1.82, 2.24) is 0 Å². The molecule has 4 heteroatoms. The van der Waals surface area contributed by atoms with Crippen molar-refractivity contribution in [3.63, 3.8) is 0 Å². The van der Waals surface area contributed by atoms with Gasteiger partial charge in [0.1, 0.15) is 0 Å². The van der Waals surface area contributed by atoms with Crippen molar-refractivity contribution in [3.8, 4) is 0 Å². The summed E-state index contributed by atoms with van der Waals surface area (Å²) in [5, 5.41) is 6.89. The van der Waals surface area contributed by atoms with E-state index >= 15 is 0 Å². The van der Waals surface area contributed by atoms with Crippen LogP contribution in [0.1, 0.15) is 0 Å². The second kappa shape index (κ2) is 30.6. The molecule has 5 heavy (non-hydrogen) atoms. The predicted molar refractivity (Wildman–Crippen MR) is 29.5 cm³/mol. The van der Waals surface area contributed by atoms with E-state index in [1.165, 1.54) is 0 Å². The van der Waals surface area contributed by atoms with Gasteiger partial charge in [-0.1, -0.05) is 0 Å². The van der Waals surface area contributed by atoms with Crippen LogP contribution in [-0.4, -0.2) is 11.6 Å². The van der Waals surface area contributed by atoms with E-state index in [-0.39, 0.29) is 33.5 Å². The van der Waals surface area contributed by atoms with Gasteiger partial charge in [-0.15, -0.1) is 0 Å².